The minimum atomic E-state index is -0.744. The maximum absolute atomic E-state index is 13.0. The van der Waals surface area contributed by atoms with E-state index in [0.717, 1.165) is 9.47 Å². The molecule has 2 N–H and O–H groups in total. The van der Waals surface area contributed by atoms with Crippen LogP contribution in [0, 0.1) is 5.82 Å². The third-order valence-electron chi connectivity index (χ3n) is 3.98. The summed E-state index contributed by atoms with van der Waals surface area (Å²) < 4.78 is 14.1. The monoisotopic (exact) mass is 416 g/mol. The Balaban J connectivity index is 1.93. The zero-order chi connectivity index (χ0) is 21.0. The molecule has 0 atom stereocenters. The summed E-state index contributed by atoms with van der Waals surface area (Å²) in [6.45, 7) is -0.293. The van der Waals surface area contributed by atoms with Gasteiger partial charge in [-0.2, -0.15) is 0 Å². The fourth-order valence-electron chi connectivity index (χ4n) is 2.50. The summed E-state index contributed by atoms with van der Waals surface area (Å²) in [5, 5.41) is 9.41. The van der Waals surface area contributed by atoms with Crippen LogP contribution in [0.5, 0.6) is 0 Å². The van der Waals surface area contributed by atoms with Crippen molar-refractivity contribution in [3.8, 4) is 0 Å². The lowest BCUT2D eigenvalue weighted by Crippen LogP contribution is -2.48. The van der Waals surface area contributed by atoms with E-state index in [4.69, 9.17) is 11.6 Å². The second kappa shape index (κ2) is 8.61. The Morgan fingerprint density at radius 1 is 1.21 bits per heavy atom. The molecule has 0 unspecified atom stereocenters. The first-order valence-corrected chi connectivity index (χ1v) is 8.82. The number of amides is 1. The number of ketones is 1. The molecule has 0 aliphatic rings. The van der Waals surface area contributed by atoms with E-state index in [0.29, 0.717) is 16.1 Å². The van der Waals surface area contributed by atoms with E-state index in [1.165, 1.54) is 37.5 Å². The Morgan fingerprint density at radius 2 is 1.86 bits per heavy atom. The average molecular weight is 417 g/mol. The molecule has 1 heterocycles. The van der Waals surface area contributed by atoms with Gasteiger partial charge in [0.15, 0.2) is 6.54 Å². The molecule has 0 radical (unpaired) electrons. The molecular weight excluding hydrogens is 401 g/mol. The number of nitrogens with zero attached hydrogens (tertiary/aromatic N) is 3. The van der Waals surface area contributed by atoms with Gasteiger partial charge in [0.2, 0.25) is 5.78 Å². The van der Waals surface area contributed by atoms with E-state index >= 15 is 0 Å². The van der Waals surface area contributed by atoms with Crippen molar-refractivity contribution in [2.75, 3.05) is 7.05 Å². The van der Waals surface area contributed by atoms with Crippen LogP contribution < -0.4 is 15.6 Å². The number of rotatable bonds is 6. The summed E-state index contributed by atoms with van der Waals surface area (Å²) in [4.78, 5) is 38.1. The molecule has 29 heavy (non-hydrogen) atoms. The van der Waals surface area contributed by atoms with Crippen LogP contribution in [-0.2, 0) is 6.54 Å². The number of benzene rings is 2. The zero-order valence-corrected chi connectivity index (χ0v) is 16.0. The average Bonchev–Trinajstić information content (AvgIpc) is 3.02. The molecule has 148 valence electrons. The molecule has 0 fully saturated rings. The van der Waals surface area contributed by atoms with Crippen molar-refractivity contribution in [2.24, 2.45) is 5.10 Å². The van der Waals surface area contributed by atoms with Crippen molar-refractivity contribution in [1.29, 1.82) is 0 Å². The first-order valence-electron chi connectivity index (χ1n) is 8.44. The third-order valence-corrected chi connectivity index (χ3v) is 4.23. The number of aromatic amines is 1. The van der Waals surface area contributed by atoms with E-state index < -0.39 is 17.3 Å². The lowest BCUT2D eigenvalue weighted by molar-refractivity contribution is -0.744. The van der Waals surface area contributed by atoms with Gasteiger partial charge in [0.05, 0.1) is 6.21 Å². The number of carbonyl (C=O) groups is 2. The molecule has 0 aliphatic carbocycles. The first kappa shape index (κ1) is 20.2. The molecule has 0 aliphatic heterocycles. The van der Waals surface area contributed by atoms with Gasteiger partial charge >= 0.3 is 17.2 Å². The van der Waals surface area contributed by atoms with Gasteiger partial charge in [-0.05, 0) is 42.0 Å². The first-order chi connectivity index (χ1) is 13.9. The van der Waals surface area contributed by atoms with Gasteiger partial charge in [-0.3, -0.25) is 9.59 Å². The van der Waals surface area contributed by atoms with Crippen LogP contribution in [0.15, 0.2) is 58.4 Å². The molecular formula is C19H16ClFN5O3+. The van der Waals surface area contributed by atoms with Crippen molar-refractivity contribution >= 4 is 29.5 Å². The molecule has 1 amide bonds. The normalized spacial score (nSPS) is 11.0. The smallest absolute Gasteiger partial charge is 0.352 e. The van der Waals surface area contributed by atoms with Crippen molar-refractivity contribution in [2.45, 2.75) is 6.54 Å². The Hall–Kier alpha value is -3.59. The van der Waals surface area contributed by atoms with Crippen LogP contribution in [-0.4, -0.2) is 35.0 Å². The van der Waals surface area contributed by atoms with Gasteiger partial charge in [0, 0.05) is 22.4 Å². The Labute approximate surface area is 169 Å². The molecule has 8 nitrogen and oxygen atoms in total. The van der Waals surface area contributed by atoms with E-state index in [9.17, 15) is 18.8 Å². The van der Waals surface area contributed by atoms with E-state index in [1.54, 1.807) is 24.3 Å². The fraction of sp³-hybridized carbons (Fsp3) is 0.105. The predicted octanol–water partition coefficient (Wildman–Crippen LogP) is 1.38. The number of Topliss-reactive ketones (excluding diaryl/α,β-unsaturated/α-hetero) is 1. The highest BCUT2D eigenvalue weighted by Crippen LogP contribution is 2.10. The van der Waals surface area contributed by atoms with Gasteiger partial charge in [0.1, 0.15) is 5.82 Å². The number of hydrogen-bond acceptors (Lipinski definition) is 4. The van der Waals surface area contributed by atoms with Crippen molar-refractivity contribution < 1.29 is 18.7 Å². The second-order valence-corrected chi connectivity index (χ2v) is 6.39. The molecule has 10 heteroatoms. The molecule has 1 aromatic heterocycles. The maximum Gasteiger partial charge on any atom is 0.432 e. The third kappa shape index (κ3) is 4.64. The van der Waals surface area contributed by atoms with Crippen LogP contribution in [0.25, 0.3) is 0 Å². The van der Waals surface area contributed by atoms with Crippen molar-refractivity contribution in [3.05, 3.63) is 86.5 Å². The minimum Gasteiger partial charge on any atom is -0.352 e. The van der Waals surface area contributed by atoms with Crippen molar-refractivity contribution in [1.82, 2.24) is 15.3 Å². The molecule has 0 saturated heterocycles. The van der Waals surface area contributed by atoms with Gasteiger partial charge in [-0.15, -0.1) is 4.68 Å². The Bertz CT molecular complexity index is 1130. The number of nitrogens with one attached hydrogen (secondary N) is 2. The summed E-state index contributed by atoms with van der Waals surface area (Å²) in [5.41, 5.74) is -0.121. The van der Waals surface area contributed by atoms with E-state index in [1.807, 2.05) is 0 Å². The van der Waals surface area contributed by atoms with Crippen molar-refractivity contribution in [3.63, 3.8) is 0 Å². The van der Waals surface area contributed by atoms with E-state index in [-0.39, 0.29) is 18.0 Å². The topological polar surface area (TPSA) is 100 Å². The predicted molar refractivity (Wildman–Crippen MR) is 104 cm³/mol. The van der Waals surface area contributed by atoms with Gasteiger partial charge in [0.25, 0.3) is 0 Å². The number of aromatic nitrogens is 3. The highest BCUT2D eigenvalue weighted by molar-refractivity contribution is 6.30. The minimum absolute atomic E-state index is 0.286. The zero-order valence-electron chi connectivity index (χ0n) is 15.2. The number of halogens is 2. The fourth-order valence-corrected chi connectivity index (χ4v) is 2.63. The Morgan fingerprint density at radius 3 is 2.48 bits per heavy atom. The molecule has 2 aromatic carbocycles. The van der Waals surface area contributed by atoms with E-state index in [2.05, 4.69) is 15.6 Å². The molecule has 0 spiro atoms. The quantitative estimate of drug-likeness (QED) is 0.360. The van der Waals surface area contributed by atoms with Gasteiger partial charge in [-0.25, -0.2) is 9.18 Å². The molecule has 3 rings (SSSR count). The van der Waals surface area contributed by atoms with Crippen LogP contribution in [0.3, 0.4) is 0 Å². The largest absolute Gasteiger partial charge is 0.432 e. The van der Waals surface area contributed by atoms with Crippen LogP contribution in [0.1, 0.15) is 26.4 Å². The lowest BCUT2D eigenvalue weighted by Gasteiger charge is -2.00. The number of H-pyrrole nitrogens is 1. The highest BCUT2D eigenvalue weighted by Gasteiger charge is 2.29. The number of hydrogen-bond donors (Lipinski definition) is 2. The van der Waals surface area contributed by atoms with Crippen LogP contribution in [0.2, 0.25) is 5.02 Å². The lowest BCUT2D eigenvalue weighted by atomic mass is 10.1. The summed E-state index contributed by atoms with van der Waals surface area (Å²) in [7, 11) is 1.37. The standard InChI is InChI=1S/C19H15ClFN5O3/c1-22-18(28)17-19(29)26(23-10-12-2-8-15(21)9-3-12)24-25(17)11-16(27)13-4-6-14(20)7-5-13/h2-10H,11H2,1H3,(H-,22,24,28,29)/p+1/b23-10+. The van der Waals surface area contributed by atoms with Crippen LogP contribution >= 0.6 is 11.6 Å². The summed E-state index contributed by atoms with van der Waals surface area (Å²) in [6.07, 6.45) is 1.32. The molecule has 3 aromatic rings. The SMILES string of the molecule is CNC(=O)c1c(=O)n(/N=C/c2ccc(F)cc2)[nH][n+]1CC(=O)c1ccc(Cl)cc1. The van der Waals surface area contributed by atoms with Crippen LogP contribution in [0.4, 0.5) is 4.39 Å². The highest BCUT2D eigenvalue weighted by atomic mass is 35.5. The Kier molecular flexibility index (Phi) is 5.99. The molecule has 0 bridgehead atoms. The summed E-state index contributed by atoms with van der Waals surface area (Å²) in [5.74, 6) is -1.42. The van der Waals surface area contributed by atoms with Gasteiger partial charge in [-0.1, -0.05) is 34.0 Å². The summed E-state index contributed by atoms with van der Waals surface area (Å²) >= 11 is 5.82. The number of carbonyl (C=O) groups excluding carboxylic acids is 2. The second-order valence-electron chi connectivity index (χ2n) is 5.96. The summed E-state index contributed by atoms with van der Waals surface area (Å²) in [6, 6.07) is 11.7. The van der Waals surface area contributed by atoms with Gasteiger partial charge < -0.3 is 5.32 Å². The molecule has 0 saturated carbocycles. The maximum atomic E-state index is 13.0.